The summed E-state index contributed by atoms with van der Waals surface area (Å²) >= 11 is 0. The van der Waals surface area contributed by atoms with Gasteiger partial charge < -0.3 is 15.2 Å². The lowest BCUT2D eigenvalue weighted by Gasteiger charge is -2.35. The van der Waals surface area contributed by atoms with Gasteiger partial charge >= 0.3 is 0 Å². The van der Waals surface area contributed by atoms with E-state index in [1.165, 1.54) is 5.56 Å². The van der Waals surface area contributed by atoms with E-state index in [9.17, 15) is 5.11 Å². The Bertz CT molecular complexity index is 612. The van der Waals surface area contributed by atoms with Gasteiger partial charge in [-0.05, 0) is 18.1 Å². The maximum Gasteiger partial charge on any atom is 0.124 e. The molecular weight excluding hydrogens is 300 g/mol. The first kappa shape index (κ1) is 17.0. The van der Waals surface area contributed by atoms with Crippen LogP contribution in [0.2, 0.25) is 0 Å². The van der Waals surface area contributed by atoms with E-state index in [4.69, 9.17) is 4.74 Å². The van der Waals surface area contributed by atoms with Crippen molar-refractivity contribution < 1.29 is 9.84 Å². The molecule has 0 aliphatic carbocycles. The molecule has 1 heterocycles. The Balaban J connectivity index is 1.77. The molecule has 1 aliphatic heterocycles. The molecule has 24 heavy (non-hydrogen) atoms. The molecule has 1 aliphatic rings. The fourth-order valence-electron chi connectivity index (χ4n) is 3.27. The molecule has 0 amide bonds. The van der Waals surface area contributed by atoms with Crippen LogP contribution < -0.4 is 10.1 Å². The van der Waals surface area contributed by atoms with E-state index in [0.717, 1.165) is 43.9 Å². The molecule has 2 aromatic rings. The van der Waals surface area contributed by atoms with Crippen LogP contribution in [0.3, 0.4) is 0 Å². The van der Waals surface area contributed by atoms with E-state index in [0.29, 0.717) is 6.61 Å². The number of ether oxygens (including phenoxy) is 1. The fourth-order valence-corrected chi connectivity index (χ4v) is 3.27. The quantitative estimate of drug-likeness (QED) is 0.821. The van der Waals surface area contributed by atoms with Crippen molar-refractivity contribution in [2.75, 3.05) is 32.8 Å². The minimum absolute atomic E-state index is 0.182. The van der Waals surface area contributed by atoms with Gasteiger partial charge in [-0.1, -0.05) is 48.5 Å². The van der Waals surface area contributed by atoms with E-state index in [-0.39, 0.29) is 12.6 Å². The van der Waals surface area contributed by atoms with E-state index in [2.05, 4.69) is 34.5 Å². The average Bonchev–Trinajstić information content (AvgIpc) is 2.66. The standard InChI is InChI=1S/C20H26N2O2/c23-15-10-19(22-13-11-21-12-14-22)18-8-4-5-9-20(18)24-16-17-6-2-1-3-7-17/h1-9,19,21,23H,10-16H2/t19-/m1/s1. The molecule has 1 atom stereocenters. The summed E-state index contributed by atoms with van der Waals surface area (Å²) in [6, 6.07) is 18.6. The van der Waals surface area contributed by atoms with Crippen LogP contribution >= 0.6 is 0 Å². The molecule has 128 valence electrons. The Kier molecular flexibility index (Phi) is 6.24. The lowest BCUT2D eigenvalue weighted by Crippen LogP contribution is -2.45. The summed E-state index contributed by atoms with van der Waals surface area (Å²) in [4.78, 5) is 2.44. The van der Waals surface area contributed by atoms with Crippen LogP contribution in [0.5, 0.6) is 5.75 Å². The topological polar surface area (TPSA) is 44.7 Å². The van der Waals surface area contributed by atoms with Crippen LogP contribution in [-0.4, -0.2) is 42.8 Å². The van der Waals surface area contributed by atoms with Crippen molar-refractivity contribution in [3.63, 3.8) is 0 Å². The summed E-state index contributed by atoms with van der Waals surface area (Å²) < 4.78 is 6.12. The Morgan fingerprint density at radius 2 is 1.71 bits per heavy atom. The number of nitrogens with one attached hydrogen (secondary N) is 1. The van der Waals surface area contributed by atoms with Crippen molar-refractivity contribution in [1.29, 1.82) is 0 Å². The lowest BCUT2D eigenvalue weighted by atomic mass is 10.0. The van der Waals surface area contributed by atoms with Gasteiger partial charge in [-0.2, -0.15) is 0 Å². The van der Waals surface area contributed by atoms with Crippen LogP contribution in [0.25, 0.3) is 0 Å². The SMILES string of the molecule is OCC[C@H](c1ccccc1OCc1ccccc1)N1CCNCC1. The summed E-state index contributed by atoms with van der Waals surface area (Å²) in [5.74, 6) is 0.915. The van der Waals surface area contributed by atoms with Crippen molar-refractivity contribution >= 4 is 0 Å². The molecule has 4 heteroatoms. The van der Waals surface area contributed by atoms with Crippen LogP contribution in [0.4, 0.5) is 0 Å². The molecule has 2 N–H and O–H groups in total. The van der Waals surface area contributed by atoms with Gasteiger partial charge in [0, 0.05) is 44.4 Å². The first-order valence-corrected chi connectivity index (χ1v) is 8.70. The summed E-state index contributed by atoms with van der Waals surface area (Å²) in [5, 5.41) is 12.9. The van der Waals surface area contributed by atoms with Crippen molar-refractivity contribution in [1.82, 2.24) is 10.2 Å². The second-order valence-electron chi connectivity index (χ2n) is 6.13. The van der Waals surface area contributed by atoms with Crippen LogP contribution in [0, 0.1) is 0 Å². The maximum atomic E-state index is 9.54. The average molecular weight is 326 g/mol. The highest BCUT2D eigenvalue weighted by molar-refractivity contribution is 5.36. The smallest absolute Gasteiger partial charge is 0.124 e. The summed E-state index contributed by atoms with van der Waals surface area (Å²) in [7, 11) is 0. The van der Waals surface area contributed by atoms with Crippen molar-refractivity contribution in [3.8, 4) is 5.75 Å². The van der Waals surface area contributed by atoms with Crippen molar-refractivity contribution in [3.05, 3.63) is 65.7 Å². The molecule has 1 saturated heterocycles. The minimum Gasteiger partial charge on any atom is -0.489 e. The van der Waals surface area contributed by atoms with Gasteiger partial charge in [-0.3, -0.25) is 4.90 Å². The number of aliphatic hydroxyl groups excluding tert-OH is 1. The third-order valence-electron chi connectivity index (χ3n) is 4.51. The third-order valence-corrected chi connectivity index (χ3v) is 4.51. The maximum absolute atomic E-state index is 9.54. The fraction of sp³-hybridized carbons (Fsp3) is 0.400. The number of nitrogens with zero attached hydrogens (tertiary/aromatic N) is 1. The van der Waals surface area contributed by atoms with Gasteiger partial charge in [0.05, 0.1) is 0 Å². The largest absolute Gasteiger partial charge is 0.489 e. The van der Waals surface area contributed by atoms with Gasteiger partial charge in [0.25, 0.3) is 0 Å². The van der Waals surface area contributed by atoms with Gasteiger partial charge in [-0.15, -0.1) is 0 Å². The zero-order chi connectivity index (χ0) is 16.6. The van der Waals surface area contributed by atoms with E-state index in [1.54, 1.807) is 0 Å². The lowest BCUT2D eigenvalue weighted by molar-refractivity contribution is 0.137. The molecule has 0 aromatic heterocycles. The molecule has 4 nitrogen and oxygen atoms in total. The molecule has 2 aromatic carbocycles. The zero-order valence-corrected chi connectivity index (χ0v) is 14.0. The second kappa shape index (κ2) is 8.83. The molecule has 3 rings (SSSR count). The van der Waals surface area contributed by atoms with Crippen molar-refractivity contribution in [2.45, 2.75) is 19.1 Å². The number of piperazine rings is 1. The first-order valence-electron chi connectivity index (χ1n) is 8.70. The van der Waals surface area contributed by atoms with Crippen molar-refractivity contribution in [2.24, 2.45) is 0 Å². The van der Waals surface area contributed by atoms with E-state index >= 15 is 0 Å². The van der Waals surface area contributed by atoms with E-state index < -0.39 is 0 Å². The Morgan fingerprint density at radius 3 is 2.46 bits per heavy atom. The Labute approximate surface area is 144 Å². The number of rotatable bonds is 7. The van der Waals surface area contributed by atoms with Gasteiger partial charge in [0.15, 0.2) is 0 Å². The molecule has 0 bridgehead atoms. The number of aliphatic hydroxyl groups is 1. The summed E-state index contributed by atoms with van der Waals surface area (Å²) in [6.45, 7) is 4.73. The Hall–Kier alpha value is -1.88. The highest BCUT2D eigenvalue weighted by atomic mass is 16.5. The number of hydrogen-bond acceptors (Lipinski definition) is 4. The van der Waals surface area contributed by atoms with Crippen LogP contribution in [0.15, 0.2) is 54.6 Å². The molecule has 0 spiro atoms. The van der Waals surface area contributed by atoms with Gasteiger partial charge in [-0.25, -0.2) is 0 Å². The predicted molar refractivity (Wildman–Crippen MR) is 96.1 cm³/mol. The minimum atomic E-state index is 0.182. The normalized spacial score (nSPS) is 16.7. The molecule has 1 fully saturated rings. The molecule has 0 unspecified atom stereocenters. The van der Waals surface area contributed by atoms with Crippen LogP contribution in [0.1, 0.15) is 23.6 Å². The van der Waals surface area contributed by atoms with E-state index in [1.807, 2.05) is 30.3 Å². The summed E-state index contributed by atoms with van der Waals surface area (Å²) in [5.41, 5.74) is 2.33. The zero-order valence-electron chi connectivity index (χ0n) is 14.0. The number of para-hydroxylation sites is 1. The molecule has 0 radical (unpaired) electrons. The first-order chi connectivity index (χ1) is 11.9. The second-order valence-corrected chi connectivity index (χ2v) is 6.13. The van der Waals surface area contributed by atoms with Gasteiger partial charge in [0.2, 0.25) is 0 Å². The Morgan fingerprint density at radius 1 is 1.00 bits per heavy atom. The monoisotopic (exact) mass is 326 g/mol. The number of hydrogen-bond donors (Lipinski definition) is 2. The molecule has 0 saturated carbocycles. The van der Waals surface area contributed by atoms with Gasteiger partial charge in [0.1, 0.15) is 12.4 Å². The predicted octanol–water partition coefficient (Wildman–Crippen LogP) is 2.59. The summed E-state index contributed by atoms with van der Waals surface area (Å²) in [6.07, 6.45) is 0.728. The number of benzene rings is 2. The highest BCUT2D eigenvalue weighted by Crippen LogP contribution is 2.32. The third kappa shape index (κ3) is 4.35. The van der Waals surface area contributed by atoms with Crippen LogP contribution in [-0.2, 0) is 6.61 Å². The highest BCUT2D eigenvalue weighted by Gasteiger charge is 2.24. The molecular formula is C20H26N2O2.